The lowest BCUT2D eigenvalue weighted by Crippen LogP contribution is -2.17. The molecule has 2 atom stereocenters. The van der Waals surface area contributed by atoms with Crippen molar-refractivity contribution in [1.82, 2.24) is 19.5 Å². The number of imidazole rings is 1. The highest BCUT2D eigenvalue weighted by Crippen LogP contribution is 2.48. The summed E-state index contributed by atoms with van der Waals surface area (Å²) in [5.41, 5.74) is 6.45. The van der Waals surface area contributed by atoms with Gasteiger partial charge in [0, 0.05) is 0 Å². The molecule has 4 N–H and O–H groups in total. The number of nitrogens with zero attached hydrogens (tertiary/aromatic N) is 4. The average molecular weight is 334 g/mol. The molecule has 0 unspecified atom stereocenters. The topological polar surface area (TPSA) is 136 Å². The highest BCUT2D eigenvalue weighted by Gasteiger charge is 2.37. The summed E-state index contributed by atoms with van der Waals surface area (Å²) in [5.74, 6) is -1.00. The first-order chi connectivity index (χ1) is 9.84. The number of halogens is 1. The number of nitrogens with two attached hydrogens (primary N) is 1. The summed E-state index contributed by atoms with van der Waals surface area (Å²) in [6.45, 7) is 0.361. The van der Waals surface area contributed by atoms with Gasteiger partial charge in [-0.3, -0.25) is 4.57 Å². The molecule has 11 heteroatoms. The number of rotatable bonds is 3. The molecule has 9 nitrogen and oxygen atoms in total. The van der Waals surface area contributed by atoms with Gasteiger partial charge in [-0.1, -0.05) is 11.6 Å². The summed E-state index contributed by atoms with van der Waals surface area (Å²) in [5, 5.41) is 0.164. The Morgan fingerprint density at radius 2 is 2.24 bits per heavy atom. The van der Waals surface area contributed by atoms with Crippen LogP contribution in [0, 0.1) is 0 Å². The van der Waals surface area contributed by atoms with Crippen molar-refractivity contribution in [1.29, 1.82) is 0 Å². The van der Waals surface area contributed by atoms with Crippen LogP contribution in [-0.2, 0) is 15.8 Å². The molecule has 1 saturated heterocycles. The largest absolute Gasteiger partial charge is 0.368 e. The number of hydrogen-bond acceptors (Lipinski definition) is 6. The van der Waals surface area contributed by atoms with Gasteiger partial charge in [-0.25, -0.2) is 4.98 Å². The normalized spacial score (nSPS) is 23.0. The van der Waals surface area contributed by atoms with E-state index in [1.54, 1.807) is 4.57 Å². The minimum atomic E-state index is -4.22. The Balaban J connectivity index is 1.82. The summed E-state index contributed by atoms with van der Waals surface area (Å²) in [7, 11) is -4.22. The molecule has 0 saturated carbocycles. The van der Waals surface area contributed by atoms with Crippen LogP contribution in [0.5, 0.6) is 0 Å². The van der Waals surface area contributed by atoms with Gasteiger partial charge in [-0.2, -0.15) is 9.97 Å². The highest BCUT2D eigenvalue weighted by molar-refractivity contribution is 7.52. The van der Waals surface area contributed by atoms with Gasteiger partial charge in [0.2, 0.25) is 5.95 Å². The quantitative estimate of drug-likeness (QED) is 0.552. The lowest BCUT2D eigenvalue weighted by molar-refractivity contribution is 0.0621. The number of anilines is 1. The van der Waals surface area contributed by atoms with Crippen molar-refractivity contribution in [3.63, 3.8) is 0 Å². The first kappa shape index (κ1) is 14.7. The maximum atomic E-state index is 11.2. The van der Waals surface area contributed by atoms with Crippen molar-refractivity contribution in [3.8, 4) is 0 Å². The third-order valence-electron chi connectivity index (χ3n) is 3.30. The van der Waals surface area contributed by atoms with E-state index >= 15 is 0 Å². The van der Waals surface area contributed by atoms with Crippen LogP contribution in [0.3, 0.4) is 0 Å². The van der Waals surface area contributed by atoms with Crippen LogP contribution in [0.1, 0.15) is 12.8 Å². The van der Waals surface area contributed by atoms with Gasteiger partial charge in [-0.15, -0.1) is 0 Å². The molecule has 0 radical (unpaired) electrons. The van der Waals surface area contributed by atoms with Crippen LogP contribution in [0.4, 0.5) is 5.95 Å². The Morgan fingerprint density at radius 3 is 2.90 bits per heavy atom. The first-order valence-corrected chi connectivity index (χ1v) is 8.25. The summed E-state index contributed by atoms with van der Waals surface area (Å²) < 4.78 is 18.3. The molecule has 1 aliphatic heterocycles. The molecule has 0 aliphatic carbocycles. The summed E-state index contributed by atoms with van der Waals surface area (Å²) in [6, 6.07) is 0. The Hall–Kier alpha value is -1.25. The molecule has 0 spiro atoms. The molecule has 0 amide bonds. The van der Waals surface area contributed by atoms with Crippen molar-refractivity contribution in [3.05, 3.63) is 11.5 Å². The molecule has 1 fully saturated rings. The molecule has 3 rings (SSSR count). The van der Waals surface area contributed by atoms with Gasteiger partial charge in [0.05, 0.1) is 19.0 Å². The second kappa shape index (κ2) is 5.19. The Bertz CT molecular complexity index is 732. The van der Waals surface area contributed by atoms with E-state index in [9.17, 15) is 4.57 Å². The van der Waals surface area contributed by atoms with Crippen LogP contribution in [0.2, 0.25) is 5.15 Å². The molecular formula is C10H13ClN5O4P. The highest BCUT2D eigenvalue weighted by atomic mass is 35.5. The zero-order valence-electron chi connectivity index (χ0n) is 10.8. The van der Waals surface area contributed by atoms with E-state index in [0.717, 1.165) is 0 Å². The van der Waals surface area contributed by atoms with Crippen molar-refractivity contribution in [2.24, 2.45) is 0 Å². The number of aromatic nitrogens is 4. The van der Waals surface area contributed by atoms with Gasteiger partial charge in [0.25, 0.3) is 0 Å². The van der Waals surface area contributed by atoms with Crippen LogP contribution in [0.25, 0.3) is 11.2 Å². The zero-order chi connectivity index (χ0) is 15.2. The van der Waals surface area contributed by atoms with Crippen LogP contribution in [-0.4, -0.2) is 41.3 Å². The fraction of sp³-hybridized carbons (Fsp3) is 0.500. The Kier molecular flexibility index (Phi) is 3.62. The van der Waals surface area contributed by atoms with E-state index < -0.39 is 13.4 Å². The molecule has 2 aromatic rings. The average Bonchev–Trinajstić information content (AvgIpc) is 2.97. The maximum absolute atomic E-state index is 11.2. The smallest absolute Gasteiger partial charge is 0.354 e. The van der Waals surface area contributed by atoms with Crippen molar-refractivity contribution < 1.29 is 19.1 Å². The predicted octanol–water partition coefficient (Wildman–Crippen LogP) is 0.745. The van der Waals surface area contributed by atoms with E-state index in [4.69, 9.17) is 31.9 Å². The minimum absolute atomic E-state index is 0.0367. The van der Waals surface area contributed by atoms with Crippen LogP contribution < -0.4 is 5.73 Å². The van der Waals surface area contributed by atoms with Gasteiger partial charge in [0.1, 0.15) is 5.52 Å². The summed E-state index contributed by atoms with van der Waals surface area (Å²) >= 11 is 5.93. The van der Waals surface area contributed by atoms with Crippen molar-refractivity contribution in [2.75, 3.05) is 5.73 Å². The van der Waals surface area contributed by atoms with E-state index in [2.05, 4.69) is 15.0 Å². The maximum Gasteiger partial charge on any atom is 0.354 e. The number of nitrogen functional groups attached to an aromatic ring is 1. The number of ether oxygens (including phenoxy) is 1. The fourth-order valence-electron chi connectivity index (χ4n) is 2.35. The first-order valence-electron chi connectivity index (χ1n) is 6.19. The third kappa shape index (κ3) is 2.88. The lowest BCUT2D eigenvalue weighted by atomic mass is 10.2. The summed E-state index contributed by atoms with van der Waals surface area (Å²) in [6.07, 6.45) is 2.07. The number of fused-ring (bicyclic) bond motifs is 1. The lowest BCUT2D eigenvalue weighted by Gasteiger charge is -2.15. The number of hydrogen-bond donors (Lipinski definition) is 3. The Morgan fingerprint density at radius 1 is 1.48 bits per heavy atom. The molecule has 3 heterocycles. The Labute approximate surface area is 124 Å². The standard InChI is InChI=1S/C10H13ClN5O4P/c11-8-7-9(15-10(12)14-8)16(4-13-7)3-5-1-2-6(20-5)21(17,18)19/h4-6H,1-3H2,(H2,12,14,15)(H2,17,18,19)/t5-,6-/m1/s1. The molecule has 2 aromatic heterocycles. The van der Waals surface area contributed by atoms with E-state index in [1.165, 1.54) is 6.33 Å². The SMILES string of the molecule is Nc1nc(Cl)c2ncn(C[C@H]3CC[C@@H](P(=O)(O)O)O3)c2n1. The zero-order valence-corrected chi connectivity index (χ0v) is 12.4. The van der Waals surface area contributed by atoms with Crippen LogP contribution in [0.15, 0.2) is 6.33 Å². The molecule has 0 bridgehead atoms. The van der Waals surface area contributed by atoms with Gasteiger partial charge >= 0.3 is 7.60 Å². The van der Waals surface area contributed by atoms with E-state index in [1.807, 2.05) is 0 Å². The second-order valence-corrected chi connectivity index (χ2v) is 6.93. The van der Waals surface area contributed by atoms with Gasteiger partial charge in [-0.05, 0) is 12.8 Å². The van der Waals surface area contributed by atoms with E-state index in [0.29, 0.717) is 30.6 Å². The molecular weight excluding hydrogens is 321 g/mol. The van der Waals surface area contributed by atoms with Crippen LogP contribution >= 0.6 is 19.2 Å². The monoisotopic (exact) mass is 333 g/mol. The van der Waals surface area contributed by atoms with E-state index in [-0.39, 0.29) is 17.2 Å². The van der Waals surface area contributed by atoms with Gasteiger partial charge in [0.15, 0.2) is 16.6 Å². The fourth-order valence-corrected chi connectivity index (χ4v) is 3.38. The molecule has 1 aliphatic rings. The van der Waals surface area contributed by atoms with Gasteiger partial charge < -0.3 is 24.8 Å². The second-order valence-electron chi connectivity index (χ2n) is 4.82. The molecule has 21 heavy (non-hydrogen) atoms. The molecule has 0 aromatic carbocycles. The predicted molar refractivity (Wildman–Crippen MR) is 74.7 cm³/mol. The molecule has 114 valence electrons. The minimum Gasteiger partial charge on any atom is -0.368 e. The third-order valence-corrected chi connectivity index (χ3v) is 4.69. The van der Waals surface area contributed by atoms with Crippen molar-refractivity contribution in [2.45, 2.75) is 31.3 Å². The summed E-state index contributed by atoms with van der Waals surface area (Å²) in [4.78, 5) is 30.2. The van der Waals surface area contributed by atoms with Crippen molar-refractivity contribution >= 4 is 36.3 Å².